The number of benzene rings is 3. The molecule has 1 aliphatic rings. The Kier molecular flexibility index (Phi) is 8.30. The number of rotatable bonds is 8. The van der Waals surface area contributed by atoms with Crippen LogP contribution in [0.3, 0.4) is 0 Å². The lowest BCUT2D eigenvalue weighted by molar-refractivity contribution is -0.274. The summed E-state index contributed by atoms with van der Waals surface area (Å²) >= 11 is 0. The van der Waals surface area contributed by atoms with E-state index in [0.29, 0.717) is 42.8 Å². The zero-order chi connectivity index (χ0) is 27.1. The highest BCUT2D eigenvalue weighted by Crippen LogP contribution is 2.26. The number of amides is 2. The first-order valence-electron chi connectivity index (χ1n) is 12.0. The van der Waals surface area contributed by atoms with Crippen LogP contribution in [0.5, 0.6) is 11.5 Å². The molecular weight excluding hydrogens is 501 g/mol. The van der Waals surface area contributed by atoms with E-state index in [1.54, 1.807) is 59.5 Å². The van der Waals surface area contributed by atoms with E-state index in [1.165, 1.54) is 12.1 Å². The summed E-state index contributed by atoms with van der Waals surface area (Å²) in [4.78, 5) is 39.5. The number of halogens is 3. The van der Waals surface area contributed by atoms with Crippen molar-refractivity contribution in [3.05, 3.63) is 95.6 Å². The van der Waals surface area contributed by atoms with Crippen LogP contribution in [0, 0.1) is 0 Å². The van der Waals surface area contributed by atoms with Gasteiger partial charge in [0.15, 0.2) is 5.78 Å². The van der Waals surface area contributed by atoms with E-state index in [9.17, 15) is 27.6 Å². The zero-order valence-corrected chi connectivity index (χ0v) is 20.2. The molecule has 2 amide bonds. The third kappa shape index (κ3) is 7.12. The van der Waals surface area contributed by atoms with Crippen LogP contribution in [0.1, 0.15) is 43.9 Å². The maximum Gasteiger partial charge on any atom is 0.573 e. The van der Waals surface area contributed by atoms with Crippen LogP contribution in [0.25, 0.3) is 0 Å². The molecule has 0 saturated carbocycles. The van der Waals surface area contributed by atoms with E-state index >= 15 is 0 Å². The number of likely N-dealkylation sites (tertiary alicyclic amines) is 1. The van der Waals surface area contributed by atoms with Crippen LogP contribution in [-0.4, -0.2) is 54.6 Å². The van der Waals surface area contributed by atoms with Gasteiger partial charge in [0.05, 0.1) is 12.1 Å². The molecule has 0 spiro atoms. The van der Waals surface area contributed by atoms with Gasteiger partial charge in [0.1, 0.15) is 17.6 Å². The number of para-hydroxylation sites is 1. The smallest absolute Gasteiger partial charge is 0.489 e. The molecule has 0 radical (unpaired) electrons. The van der Waals surface area contributed by atoms with Gasteiger partial charge in [-0.2, -0.15) is 0 Å². The number of alkyl halides is 3. The van der Waals surface area contributed by atoms with Gasteiger partial charge in [0.2, 0.25) is 0 Å². The fraction of sp³-hybridized carbons (Fsp3) is 0.250. The molecule has 1 aliphatic heterocycles. The van der Waals surface area contributed by atoms with Gasteiger partial charge in [-0.1, -0.05) is 42.5 Å². The number of ketones is 1. The summed E-state index contributed by atoms with van der Waals surface area (Å²) < 4.78 is 47.0. The Morgan fingerprint density at radius 2 is 1.47 bits per heavy atom. The van der Waals surface area contributed by atoms with Crippen LogP contribution >= 0.6 is 0 Å². The van der Waals surface area contributed by atoms with Crippen molar-refractivity contribution in [3.8, 4) is 11.5 Å². The number of nitrogens with zero attached hydrogens (tertiary/aromatic N) is 1. The minimum Gasteiger partial charge on any atom is -0.489 e. The van der Waals surface area contributed by atoms with Crippen LogP contribution in [0.15, 0.2) is 78.9 Å². The normalized spacial score (nSPS) is 14.0. The first-order chi connectivity index (χ1) is 18.2. The van der Waals surface area contributed by atoms with E-state index in [2.05, 4.69) is 10.1 Å². The summed E-state index contributed by atoms with van der Waals surface area (Å²) in [6.07, 6.45) is -4.04. The lowest BCUT2D eigenvalue weighted by Crippen LogP contribution is -2.42. The molecule has 0 unspecified atom stereocenters. The van der Waals surface area contributed by atoms with Crippen molar-refractivity contribution in [1.82, 2.24) is 10.2 Å². The number of carbonyl (C=O) groups is 3. The summed E-state index contributed by atoms with van der Waals surface area (Å²) in [7, 11) is 0. The fourth-order valence-corrected chi connectivity index (χ4v) is 4.08. The minimum absolute atomic E-state index is 0.152. The van der Waals surface area contributed by atoms with Gasteiger partial charge in [0, 0.05) is 37.1 Å². The predicted octanol–water partition coefficient (Wildman–Crippen LogP) is 4.88. The summed E-state index contributed by atoms with van der Waals surface area (Å²) in [5, 5.41) is 2.64. The highest BCUT2D eigenvalue weighted by Gasteiger charge is 2.31. The maximum absolute atomic E-state index is 12.8. The molecule has 1 heterocycles. The highest BCUT2D eigenvalue weighted by atomic mass is 19.4. The molecule has 198 valence electrons. The summed E-state index contributed by atoms with van der Waals surface area (Å²) in [5.41, 5.74) is 1.06. The van der Waals surface area contributed by atoms with Gasteiger partial charge < -0.3 is 19.7 Å². The van der Waals surface area contributed by atoms with Crippen LogP contribution in [-0.2, 0) is 0 Å². The molecule has 3 aromatic rings. The van der Waals surface area contributed by atoms with E-state index in [-0.39, 0.29) is 29.9 Å². The van der Waals surface area contributed by atoms with Crippen LogP contribution < -0.4 is 14.8 Å². The SMILES string of the molecule is O=C(CNC(=O)c1ccccc1OC1CCN(C(=O)c2ccc(OC(F)(F)F)cc2)CC1)c1ccccc1. The lowest BCUT2D eigenvalue weighted by atomic mass is 10.1. The molecule has 10 heteroatoms. The lowest BCUT2D eigenvalue weighted by Gasteiger charge is -2.32. The molecule has 0 atom stereocenters. The fourth-order valence-electron chi connectivity index (χ4n) is 4.08. The second kappa shape index (κ2) is 11.8. The monoisotopic (exact) mass is 526 g/mol. The van der Waals surface area contributed by atoms with Gasteiger partial charge in [-0.25, -0.2) is 0 Å². The quantitative estimate of drug-likeness (QED) is 0.423. The Bertz CT molecular complexity index is 1270. The second-order valence-corrected chi connectivity index (χ2v) is 8.65. The van der Waals surface area contributed by atoms with Gasteiger partial charge in [-0.15, -0.1) is 13.2 Å². The van der Waals surface area contributed by atoms with Crippen molar-refractivity contribution in [1.29, 1.82) is 0 Å². The molecule has 38 heavy (non-hydrogen) atoms. The average molecular weight is 527 g/mol. The maximum atomic E-state index is 12.8. The van der Waals surface area contributed by atoms with Crippen molar-refractivity contribution in [2.75, 3.05) is 19.6 Å². The molecule has 7 nitrogen and oxygen atoms in total. The third-order valence-corrected chi connectivity index (χ3v) is 5.99. The molecule has 1 fully saturated rings. The molecule has 0 aliphatic carbocycles. The predicted molar refractivity (Wildman–Crippen MR) is 132 cm³/mol. The largest absolute Gasteiger partial charge is 0.573 e. The van der Waals surface area contributed by atoms with E-state index in [0.717, 1.165) is 12.1 Å². The van der Waals surface area contributed by atoms with Crippen molar-refractivity contribution in [2.24, 2.45) is 0 Å². The Morgan fingerprint density at radius 3 is 2.13 bits per heavy atom. The van der Waals surface area contributed by atoms with Crippen LogP contribution in [0.4, 0.5) is 13.2 Å². The molecule has 1 N–H and O–H groups in total. The van der Waals surface area contributed by atoms with Gasteiger partial charge in [-0.3, -0.25) is 14.4 Å². The Labute approximate surface area is 217 Å². The van der Waals surface area contributed by atoms with E-state index < -0.39 is 18.0 Å². The summed E-state index contributed by atoms with van der Waals surface area (Å²) in [5.74, 6) is -0.965. The molecule has 0 aromatic heterocycles. The molecule has 3 aromatic carbocycles. The molecule has 1 saturated heterocycles. The topological polar surface area (TPSA) is 84.9 Å². The molecule has 4 rings (SSSR count). The molecular formula is C28H25F3N2O5. The number of nitrogens with one attached hydrogen (secondary N) is 1. The Balaban J connectivity index is 1.30. The average Bonchev–Trinajstić information content (AvgIpc) is 2.92. The third-order valence-electron chi connectivity index (χ3n) is 5.99. The molecule has 0 bridgehead atoms. The minimum atomic E-state index is -4.80. The van der Waals surface area contributed by atoms with Crippen molar-refractivity contribution in [3.63, 3.8) is 0 Å². The first kappa shape index (κ1) is 26.7. The Morgan fingerprint density at radius 1 is 0.842 bits per heavy atom. The van der Waals surface area contributed by atoms with E-state index in [4.69, 9.17) is 4.74 Å². The van der Waals surface area contributed by atoms with E-state index in [1.807, 2.05) is 0 Å². The number of Topliss-reactive ketones (excluding diaryl/α,β-unsaturated/α-hetero) is 1. The highest BCUT2D eigenvalue weighted by molar-refractivity contribution is 6.03. The van der Waals surface area contributed by atoms with Crippen molar-refractivity contribution >= 4 is 17.6 Å². The Hall–Kier alpha value is -4.34. The van der Waals surface area contributed by atoms with Crippen molar-refractivity contribution in [2.45, 2.75) is 25.3 Å². The second-order valence-electron chi connectivity index (χ2n) is 8.65. The standard InChI is InChI=1S/C28H25F3N2O5/c29-28(30,31)38-22-12-10-20(11-13-22)27(36)33-16-14-21(15-17-33)37-25-9-5-4-8-23(25)26(35)32-18-24(34)19-6-2-1-3-7-19/h1-13,21H,14-18H2,(H,32,35). The number of hydrogen-bond acceptors (Lipinski definition) is 5. The van der Waals surface area contributed by atoms with Crippen LogP contribution in [0.2, 0.25) is 0 Å². The summed E-state index contributed by atoms with van der Waals surface area (Å²) in [6, 6.07) is 20.2. The number of hydrogen-bond donors (Lipinski definition) is 1. The van der Waals surface area contributed by atoms with Crippen molar-refractivity contribution < 1.29 is 37.0 Å². The first-order valence-corrected chi connectivity index (χ1v) is 12.0. The zero-order valence-electron chi connectivity index (χ0n) is 20.2. The number of piperidine rings is 1. The van der Waals surface area contributed by atoms with Gasteiger partial charge in [0.25, 0.3) is 11.8 Å². The van der Waals surface area contributed by atoms with Gasteiger partial charge >= 0.3 is 6.36 Å². The van der Waals surface area contributed by atoms with Gasteiger partial charge in [-0.05, 0) is 36.4 Å². The number of carbonyl (C=O) groups excluding carboxylic acids is 3. The summed E-state index contributed by atoms with van der Waals surface area (Å²) in [6.45, 7) is 0.607. The number of ether oxygens (including phenoxy) is 2.